The molecule has 0 aliphatic heterocycles. The quantitative estimate of drug-likeness (QED) is 0.742. The molecule has 74 valence electrons. The minimum absolute atomic E-state index is 0.0539. The van der Waals surface area contributed by atoms with Crippen molar-refractivity contribution in [2.75, 3.05) is 5.32 Å². The smallest absolute Gasteiger partial charge is 0.224 e. The number of benzene rings is 1. The Morgan fingerprint density at radius 2 is 2.14 bits per heavy atom. The molecular weight excluding hydrogens is 178 g/mol. The molecule has 0 bridgehead atoms. The standard InChI is InChI=1S/C11H13NO2/c1-2-5-11(14)12-10-7-4-3-6-9(10)8-13/h3-4,6-8H,2,5H2,1H3,(H,12,14). The summed E-state index contributed by atoms with van der Waals surface area (Å²) in [4.78, 5) is 21.9. The highest BCUT2D eigenvalue weighted by atomic mass is 16.1. The Hall–Kier alpha value is -1.64. The summed E-state index contributed by atoms with van der Waals surface area (Å²) in [6, 6.07) is 6.94. The molecule has 0 aliphatic carbocycles. The topological polar surface area (TPSA) is 46.2 Å². The Labute approximate surface area is 83.1 Å². The average Bonchev–Trinajstić information content (AvgIpc) is 2.19. The van der Waals surface area contributed by atoms with E-state index >= 15 is 0 Å². The van der Waals surface area contributed by atoms with Crippen molar-refractivity contribution in [2.45, 2.75) is 19.8 Å². The van der Waals surface area contributed by atoms with Crippen molar-refractivity contribution in [3.05, 3.63) is 29.8 Å². The molecule has 0 atom stereocenters. The summed E-state index contributed by atoms with van der Waals surface area (Å²) in [5.74, 6) is -0.0539. The Balaban J connectivity index is 2.75. The van der Waals surface area contributed by atoms with E-state index in [4.69, 9.17) is 0 Å². The van der Waals surface area contributed by atoms with Gasteiger partial charge in [-0.25, -0.2) is 0 Å². The van der Waals surface area contributed by atoms with Gasteiger partial charge in [0, 0.05) is 12.0 Å². The van der Waals surface area contributed by atoms with Gasteiger partial charge in [0.2, 0.25) is 5.91 Å². The van der Waals surface area contributed by atoms with Gasteiger partial charge in [-0.2, -0.15) is 0 Å². The lowest BCUT2D eigenvalue weighted by Crippen LogP contribution is -2.11. The monoisotopic (exact) mass is 191 g/mol. The van der Waals surface area contributed by atoms with Gasteiger partial charge >= 0.3 is 0 Å². The molecule has 0 saturated heterocycles. The second-order valence-electron chi connectivity index (χ2n) is 3.00. The summed E-state index contributed by atoms with van der Waals surface area (Å²) < 4.78 is 0. The molecule has 3 nitrogen and oxygen atoms in total. The van der Waals surface area contributed by atoms with Crippen molar-refractivity contribution in [3.63, 3.8) is 0 Å². The summed E-state index contributed by atoms with van der Waals surface area (Å²) >= 11 is 0. The van der Waals surface area contributed by atoms with Crippen LogP contribution >= 0.6 is 0 Å². The van der Waals surface area contributed by atoms with Crippen LogP contribution in [0.15, 0.2) is 24.3 Å². The maximum Gasteiger partial charge on any atom is 0.224 e. The Bertz CT molecular complexity index is 334. The molecule has 1 N–H and O–H groups in total. The fourth-order valence-electron chi connectivity index (χ4n) is 1.15. The van der Waals surface area contributed by atoms with E-state index < -0.39 is 0 Å². The summed E-state index contributed by atoms with van der Waals surface area (Å²) in [6.07, 6.45) is 2.02. The Morgan fingerprint density at radius 1 is 1.43 bits per heavy atom. The molecule has 0 saturated carbocycles. The molecule has 0 unspecified atom stereocenters. The number of anilines is 1. The van der Waals surface area contributed by atoms with E-state index in [1.165, 1.54) is 0 Å². The second-order valence-corrected chi connectivity index (χ2v) is 3.00. The fraction of sp³-hybridized carbons (Fsp3) is 0.273. The molecule has 1 amide bonds. The lowest BCUT2D eigenvalue weighted by Gasteiger charge is -2.05. The van der Waals surface area contributed by atoms with Gasteiger partial charge in [-0.05, 0) is 18.6 Å². The van der Waals surface area contributed by atoms with E-state index in [0.29, 0.717) is 17.7 Å². The molecule has 0 spiro atoms. The average molecular weight is 191 g/mol. The molecule has 14 heavy (non-hydrogen) atoms. The molecular formula is C11H13NO2. The summed E-state index contributed by atoms with van der Waals surface area (Å²) in [7, 11) is 0. The van der Waals surface area contributed by atoms with Crippen molar-refractivity contribution in [1.29, 1.82) is 0 Å². The van der Waals surface area contributed by atoms with Crippen LogP contribution in [0.3, 0.4) is 0 Å². The van der Waals surface area contributed by atoms with Crippen LogP contribution in [0.25, 0.3) is 0 Å². The first-order valence-corrected chi connectivity index (χ1v) is 4.62. The van der Waals surface area contributed by atoms with E-state index in [0.717, 1.165) is 12.7 Å². The van der Waals surface area contributed by atoms with E-state index in [1.54, 1.807) is 24.3 Å². The number of rotatable bonds is 4. The zero-order chi connectivity index (χ0) is 10.4. The van der Waals surface area contributed by atoms with Crippen molar-refractivity contribution in [3.8, 4) is 0 Å². The van der Waals surface area contributed by atoms with Crippen LogP contribution in [0.2, 0.25) is 0 Å². The van der Waals surface area contributed by atoms with Crippen LogP contribution in [0.1, 0.15) is 30.1 Å². The molecule has 3 heteroatoms. The number of aldehydes is 1. The van der Waals surface area contributed by atoms with Crippen molar-refractivity contribution >= 4 is 17.9 Å². The summed E-state index contributed by atoms with van der Waals surface area (Å²) in [5, 5.41) is 2.69. The number of carbonyl (C=O) groups excluding carboxylic acids is 2. The van der Waals surface area contributed by atoms with Crippen molar-refractivity contribution in [2.24, 2.45) is 0 Å². The predicted molar refractivity (Wildman–Crippen MR) is 55.4 cm³/mol. The first kappa shape index (κ1) is 10.4. The van der Waals surface area contributed by atoms with Crippen LogP contribution in [0, 0.1) is 0 Å². The third kappa shape index (κ3) is 2.69. The molecule has 0 radical (unpaired) electrons. The third-order valence-corrected chi connectivity index (χ3v) is 1.84. The van der Waals surface area contributed by atoms with Gasteiger partial charge < -0.3 is 5.32 Å². The number of carbonyl (C=O) groups is 2. The molecule has 0 aliphatic rings. The first-order chi connectivity index (χ1) is 6.77. The fourth-order valence-corrected chi connectivity index (χ4v) is 1.15. The molecule has 0 fully saturated rings. The zero-order valence-corrected chi connectivity index (χ0v) is 8.12. The van der Waals surface area contributed by atoms with Gasteiger partial charge in [0.25, 0.3) is 0 Å². The maximum atomic E-state index is 11.3. The number of amides is 1. The molecule has 1 aromatic carbocycles. The van der Waals surface area contributed by atoms with Crippen molar-refractivity contribution in [1.82, 2.24) is 0 Å². The lowest BCUT2D eigenvalue weighted by atomic mass is 10.2. The highest BCUT2D eigenvalue weighted by molar-refractivity contribution is 5.96. The zero-order valence-electron chi connectivity index (χ0n) is 8.12. The minimum Gasteiger partial charge on any atom is -0.325 e. The van der Waals surface area contributed by atoms with Gasteiger partial charge in [0.15, 0.2) is 6.29 Å². The number of nitrogens with one attached hydrogen (secondary N) is 1. The minimum atomic E-state index is -0.0539. The normalized spacial score (nSPS) is 9.50. The molecule has 1 rings (SSSR count). The Kier molecular flexibility index (Phi) is 3.85. The summed E-state index contributed by atoms with van der Waals surface area (Å²) in [6.45, 7) is 1.94. The van der Waals surface area contributed by atoms with E-state index in [-0.39, 0.29) is 5.91 Å². The second kappa shape index (κ2) is 5.17. The lowest BCUT2D eigenvalue weighted by molar-refractivity contribution is -0.116. The van der Waals surface area contributed by atoms with Crippen LogP contribution in [-0.4, -0.2) is 12.2 Å². The molecule has 0 aromatic heterocycles. The number of hydrogen-bond donors (Lipinski definition) is 1. The predicted octanol–water partition coefficient (Wildman–Crippen LogP) is 2.24. The van der Waals surface area contributed by atoms with Crippen LogP contribution in [0.5, 0.6) is 0 Å². The van der Waals surface area contributed by atoms with Crippen LogP contribution < -0.4 is 5.32 Å². The van der Waals surface area contributed by atoms with E-state index in [2.05, 4.69) is 5.32 Å². The molecule has 0 heterocycles. The SMILES string of the molecule is CCCC(=O)Nc1ccccc1C=O. The molecule has 1 aromatic rings. The van der Waals surface area contributed by atoms with Crippen LogP contribution in [-0.2, 0) is 4.79 Å². The van der Waals surface area contributed by atoms with Crippen LogP contribution in [0.4, 0.5) is 5.69 Å². The maximum absolute atomic E-state index is 11.3. The van der Waals surface area contributed by atoms with Gasteiger partial charge in [-0.3, -0.25) is 9.59 Å². The third-order valence-electron chi connectivity index (χ3n) is 1.84. The highest BCUT2D eigenvalue weighted by Gasteiger charge is 2.03. The number of hydrogen-bond acceptors (Lipinski definition) is 2. The van der Waals surface area contributed by atoms with Gasteiger partial charge in [-0.1, -0.05) is 19.1 Å². The number of para-hydroxylation sites is 1. The first-order valence-electron chi connectivity index (χ1n) is 4.62. The van der Waals surface area contributed by atoms with E-state index in [9.17, 15) is 9.59 Å². The van der Waals surface area contributed by atoms with Gasteiger partial charge in [0.1, 0.15) is 0 Å². The van der Waals surface area contributed by atoms with Gasteiger partial charge in [0.05, 0.1) is 5.69 Å². The van der Waals surface area contributed by atoms with E-state index in [1.807, 2.05) is 6.92 Å². The highest BCUT2D eigenvalue weighted by Crippen LogP contribution is 2.12. The van der Waals surface area contributed by atoms with Crippen molar-refractivity contribution < 1.29 is 9.59 Å². The summed E-state index contributed by atoms with van der Waals surface area (Å²) in [5.41, 5.74) is 1.10. The van der Waals surface area contributed by atoms with Gasteiger partial charge in [-0.15, -0.1) is 0 Å². The largest absolute Gasteiger partial charge is 0.325 e. The Morgan fingerprint density at radius 3 is 2.79 bits per heavy atom.